The van der Waals surface area contributed by atoms with Gasteiger partial charge in [0.25, 0.3) is 0 Å². The summed E-state index contributed by atoms with van der Waals surface area (Å²) in [6.07, 6.45) is -2.06. The van der Waals surface area contributed by atoms with Crippen LogP contribution in [0.2, 0.25) is 0 Å². The predicted octanol–water partition coefficient (Wildman–Crippen LogP) is 4.04. The summed E-state index contributed by atoms with van der Waals surface area (Å²) >= 11 is 0. The number of carbonyl (C=O) groups is 1. The maximum Gasteiger partial charge on any atom is 0.416 e. The molecule has 0 heterocycles. The van der Waals surface area contributed by atoms with Crippen molar-refractivity contribution >= 4 is 5.97 Å². The molecule has 0 amide bonds. The molecule has 3 nitrogen and oxygen atoms in total. The molecule has 0 saturated carbocycles. The summed E-state index contributed by atoms with van der Waals surface area (Å²) in [5.74, 6) is -0.959. The Bertz CT molecular complexity index is 471. The summed E-state index contributed by atoms with van der Waals surface area (Å²) < 4.78 is 37.5. The summed E-state index contributed by atoms with van der Waals surface area (Å²) in [7, 11) is 0. The Kier molecular flexibility index (Phi) is 6.87. The van der Waals surface area contributed by atoms with Gasteiger partial charge in [-0.15, -0.1) is 0 Å². The molecule has 0 saturated heterocycles. The van der Waals surface area contributed by atoms with E-state index in [1.807, 2.05) is 13.8 Å². The summed E-state index contributed by atoms with van der Waals surface area (Å²) in [6.45, 7) is 4.25. The Morgan fingerprint density at radius 1 is 1.27 bits per heavy atom. The van der Waals surface area contributed by atoms with Crippen LogP contribution in [0.4, 0.5) is 13.2 Å². The number of carboxylic acids is 1. The maximum atomic E-state index is 12.5. The summed E-state index contributed by atoms with van der Waals surface area (Å²) in [6, 6.07) is 4.38. The van der Waals surface area contributed by atoms with Crippen molar-refractivity contribution in [3.05, 3.63) is 35.4 Å². The lowest BCUT2D eigenvalue weighted by Crippen LogP contribution is -2.38. The van der Waals surface area contributed by atoms with Crippen LogP contribution in [0.5, 0.6) is 0 Å². The molecule has 0 aliphatic heterocycles. The van der Waals surface area contributed by atoms with Gasteiger partial charge in [0.05, 0.1) is 5.56 Å². The van der Waals surface area contributed by atoms with Gasteiger partial charge in [-0.05, 0) is 30.0 Å². The fraction of sp³-hybridized carbons (Fsp3) is 0.562. The molecule has 124 valence electrons. The first-order valence-electron chi connectivity index (χ1n) is 7.39. The van der Waals surface area contributed by atoms with Crippen molar-refractivity contribution in [2.75, 3.05) is 6.54 Å². The van der Waals surface area contributed by atoms with Crippen molar-refractivity contribution in [1.82, 2.24) is 5.32 Å². The molecular formula is C16H22F3NO2. The van der Waals surface area contributed by atoms with E-state index in [1.54, 1.807) is 0 Å². The van der Waals surface area contributed by atoms with E-state index >= 15 is 0 Å². The third kappa shape index (κ3) is 5.67. The van der Waals surface area contributed by atoms with Gasteiger partial charge in [0.1, 0.15) is 6.04 Å². The molecule has 0 bridgehead atoms. The molecule has 22 heavy (non-hydrogen) atoms. The van der Waals surface area contributed by atoms with Crippen LogP contribution in [0, 0.1) is 0 Å². The number of halogens is 3. The van der Waals surface area contributed by atoms with Gasteiger partial charge in [-0.25, -0.2) is 0 Å². The first-order valence-corrected chi connectivity index (χ1v) is 7.39. The average molecular weight is 317 g/mol. The van der Waals surface area contributed by atoms with Crippen LogP contribution in [0.25, 0.3) is 0 Å². The zero-order chi connectivity index (χ0) is 16.8. The second kappa shape index (κ2) is 8.17. The molecule has 2 unspecified atom stereocenters. The largest absolute Gasteiger partial charge is 0.480 e. The zero-order valence-electron chi connectivity index (χ0n) is 12.8. The highest BCUT2D eigenvalue weighted by Gasteiger charge is 2.30. The van der Waals surface area contributed by atoms with Gasteiger partial charge >= 0.3 is 12.1 Å². The van der Waals surface area contributed by atoms with E-state index in [0.29, 0.717) is 13.0 Å². The minimum absolute atomic E-state index is 0.0641. The zero-order valence-corrected chi connectivity index (χ0v) is 12.8. The second-order valence-corrected chi connectivity index (χ2v) is 5.46. The normalized spacial score (nSPS) is 14.6. The Morgan fingerprint density at radius 3 is 2.32 bits per heavy atom. The molecule has 0 spiro atoms. The van der Waals surface area contributed by atoms with Crippen LogP contribution < -0.4 is 5.32 Å². The predicted molar refractivity (Wildman–Crippen MR) is 78.8 cm³/mol. The first kappa shape index (κ1) is 18.5. The number of hydrogen-bond donors (Lipinski definition) is 2. The lowest BCUT2D eigenvalue weighted by atomic mass is 9.99. The average Bonchev–Trinajstić information content (AvgIpc) is 2.46. The molecule has 2 atom stereocenters. The molecule has 1 aromatic carbocycles. The van der Waals surface area contributed by atoms with E-state index in [0.717, 1.165) is 30.5 Å². The van der Waals surface area contributed by atoms with Crippen molar-refractivity contribution in [2.24, 2.45) is 0 Å². The van der Waals surface area contributed by atoms with Crippen LogP contribution in [-0.4, -0.2) is 23.7 Å². The number of benzene rings is 1. The van der Waals surface area contributed by atoms with Crippen LogP contribution >= 0.6 is 0 Å². The number of alkyl halides is 3. The van der Waals surface area contributed by atoms with Crippen LogP contribution in [-0.2, 0) is 11.0 Å². The monoisotopic (exact) mass is 317 g/mol. The van der Waals surface area contributed by atoms with E-state index in [4.69, 9.17) is 5.11 Å². The molecule has 1 aromatic rings. The maximum absolute atomic E-state index is 12.5. The van der Waals surface area contributed by atoms with Gasteiger partial charge < -0.3 is 10.4 Å². The highest BCUT2D eigenvalue weighted by atomic mass is 19.4. The molecule has 0 radical (unpaired) electrons. The smallest absolute Gasteiger partial charge is 0.416 e. The van der Waals surface area contributed by atoms with Crippen molar-refractivity contribution in [2.45, 2.75) is 51.2 Å². The number of carboxylic acid groups (broad SMARTS) is 1. The van der Waals surface area contributed by atoms with Gasteiger partial charge in [0.2, 0.25) is 0 Å². The number of unbranched alkanes of at least 4 members (excludes halogenated alkanes) is 1. The van der Waals surface area contributed by atoms with Crippen molar-refractivity contribution < 1.29 is 23.1 Å². The van der Waals surface area contributed by atoms with Gasteiger partial charge in [0, 0.05) is 6.54 Å². The molecular weight excluding hydrogens is 295 g/mol. The highest BCUT2D eigenvalue weighted by molar-refractivity contribution is 5.73. The van der Waals surface area contributed by atoms with Crippen molar-refractivity contribution in [1.29, 1.82) is 0 Å². The van der Waals surface area contributed by atoms with Crippen molar-refractivity contribution in [3.63, 3.8) is 0 Å². The van der Waals surface area contributed by atoms with Crippen LogP contribution in [0.1, 0.15) is 50.2 Å². The second-order valence-electron chi connectivity index (χ2n) is 5.46. The number of hydrogen-bond acceptors (Lipinski definition) is 2. The molecule has 0 aromatic heterocycles. The third-order valence-electron chi connectivity index (χ3n) is 3.62. The van der Waals surface area contributed by atoms with Gasteiger partial charge in [-0.3, -0.25) is 4.79 Å². The Morgan fingerprint density at radius 2 is 1.86 bits per heavy atom. The molecule has 0 aliphatic carbocycles. The van der Waals surface area contributed by atoms with Gasteiger partial charge in [-0.2, -0.15) is 13.2 Å². The lowest BCUT2D eigenvalue weighted by molar-refractivity contribution is -0.140. The quantitative estimate of drug-likeness (QED) is 0.761. The van der Waals surface area contributed by atoms with Gasteiger partial charge in [-0.1, -0.05) is 38.8 Å². The number of rotatable bonds is 8. The van der Waals surface area contributed by atoms with E-state index < -0.39 is 23.8 Å². The van der Waals surface area contributed by atoms with E-state index in [9.17, 15) is 18.0 Å². The first-order chi connectivity index (χ1) is 10.3. The minimum Gasteiger partial charge on any atom is -0.480 e. The van der Waals surface area contributed by atoms with Crippen molar-refractivity contribution in [3.8, 4) is 0 Å². The van der Waals surface area contributed by atoms with E-state index in [2.05, 4.69) is 5.32 Å². The fourth-order valence-electron chi connectivity index (χ4n) is 2.16. The molecule has 0 aliphatic rings. The molecule has 2 N–H and O–H groups in total. The molecule has 1 rings (SSSR count). The molecule has 0 fully saturated rings. The SMILES string of the molecule is CCCCC(NCC(C)c1ccc(C(F)(F)F)cc1)C(=O)O. The standard InChI is InChI=1S/C16H22F3NO2/c1-3-4-5-14(15(21)22)20-10-11(2)12-6-8-13(9-7-12)16(17,18)19/h6-9,11,14,20H,3-5,10H2,1-2H3,(H,21,22). The lowest BCUT2D eigenvalue weighted by Gasteiger charge is -2.18. The minimum atomic E-state index is -4.34. The fourth-order valence-corrected chi connectivity index (χ4v) is 2.16. The molecule has 6 heteroatoms. The topological polar surface area (TPSA) is 49.3 Å². The third-order valence-corrected chi connectivity index (χ3v) is 3.62. The Labute approximate surface area is 128 Å². The van der Waals surface area contributed by atoms with Crippen LogP contribution in [0.15, 0.2) is 24.3 Å². The van der Waals surface area contributed by atoms with Gasteiger partial charge in [0.15, 0.2) is 0 Å². The number of nitrogens with one attached hydrogen (secondary N) is 1. The Hall–Kier alpha value is -1.56. The summed E-state index contributed by atoms with van der Waals surface area (Å²) in [4.78, 5) is 11.1. The Balaban J connectivity index is 2.60. The summed E-state index contributed by atoms with van der Waals surface area (Å²) in [5.41, 5.74) is 0.0721. The summed E-state index contributed by atoms with van der Waals surface area (Å²) in [5, 5.41) is 12.1. The van der Waals surface area contributed by atoms with Crippen LogP contribution in [0.3, 0.4) is 0 Å². The van der Waals surface area contributed by atoms with E-state index in [1.165, 1.54) is 12.1 Å². The highest BCUT2D eigenvalue weighted by Crippen LogP contribution is 2.30. The van der Waals surface area contributed by atoms with E-state index in [-0.39, 0.29) is 5.92 Å². The number of aliphatic carboxylic acids is 1.